The molecular formula is C16H18FN3O2. The van der Waals surface area contributed by atoms with Gasteiger partial charge in [0, 0.05) is 12.7 Å². The molecule has 1 aromatic heterocycles. The summed E-state index contributed by atoms with van der Waals surface area (Å²) >= 11 is 0. The molecule has 0 atom stereocenters. The highest BCUT2D eigenvalue weighted by atomic mass is 19.1. The molecule has 2 heterocycles. The average Bonchev–Trinajstić information content (AvgIpc) is 2.97. The first kappa shape index (κ1) is 14.7. The lowest BCUT2D eigenvalue weighted by atomic mass is 9.97. The standard InChI is InChI=1S/C16H18FN3O2/c17-13-1-3-15(4-2-13)20-10-7-14(18-20)11-19-8-5-12(6-9-19)16(21)22/h1-4,7,10,12H,5-6,8-9,11H2,(H,21,22). The molecule has 1 aromatic carbocycles. The number of likely N-dealkylation sites (tertiary alicyclic amines) is 1. The quantitative estimate of drug-likeness (QED) is 0.941. The van der Waals surface area contributed by atoms with Crippen LogP contribution in [-0.4, -0.2) is 38.8 Å². The number of rotatable bonds is 4. The van der Waals surface area contributed by atoms with E-state index >= 15 is 0 Å². The zero-order valence-electron chi connectivity index (χ0n) is 12.2. The van der Waals surface area contributed by atoms with Gasteiger partial charge in [0.1, 0.15) is 5.82 Å². The third-order valence-corrected chi connectivity index (χ3v) is 4.06. The number of nitrogens with zero attached hydrogens (tertiary/aromatic N) is 3. The first-order valence-electron chi connectivity index (χ1n) is 7.37. The topological polar surface area (TPSA) is 58.4 Å². The van der Waals surface area contributed by atoms with Crippen molar-refractivity contribution in [1.29, 1.82) is 0 Å². The van der Waals surface area contributed by atoms with Crippen molar-refractivity contribution in [3.8, 4) is 5.69 Å². The molecule has 6 heteroatoms. The Labute approximate surface area is 128 Å². The Balaban J connectivity index is 1.60. The highest BCUT2D eigenvalue weighted by Crippen LogP contribution is 2.19. The SMILES string of the molecule is O=C(O)C1CCN(Cc2ccn(-c3ccc(F)cc3)n2)CC1. The molecule has 1 fully saturated rings. The van der Waals surface area contributed by atoms with E-state index in [1.807, 2.05) is 12.3 Å². The van der Waals surface area contributed by atoms with Gasteiger partial charge in [-0.1, -0.05) is 0 Å². The van der Waals surface area contributed by atoms with E-state index in [0.29, 0.717) is 19.4 Å². The summed E-state index contributed by atoms with van der Waals surface area (Å²) in [7, 11) is 0. The van der Waals surface area contributed by atoms with E-state index in [9.17, 15) is 9.18 Å². The van der Waals surface area contributed by atoms with Gasteiger partial charge in [-0.25, -0.2) is 9.07 Å². The van der Waals surface area contributed by atoms with E-state index in [1.165, 1.54) is 12.1 Å². The Hall–Kier alpha value is -2.21. The summed E-state index contributed by atoms with van der Waals surface area (Å²) in [6.45, 7) is 2.27. The number of aliphatic carboxylic acids is 1. The third-order valence-electron chi connectivity index (χ3n) is 4.06. The maximum absolute atomic E-state index is 12.9. The number of hydrogen-bond donors (Lipinski definition) is 1. The van der Waals surface area contributed by atoms with Crippen molar-refractivity contribution in [2.45, 2.75) is 19.4 Å². The number of carboxylic acids is 1. The highest BCUT2D eigenvalue weighted by molar-refractivity contribution is 5.70. The molecule has 0 bridgehead atoms. The second-order valence-corrected chi connectivity index (χ2v) is 5.62. The lowest BCUT2D eigenvalue weighted by Gasteiger charge is -2.29. The minimum atomic E-state index is -0.694. The van der Waals surface area contributed by atoms with Crippen LogP contribution in [0.15, 0.2) is 36.5 Å². The second-order valence-electron chi connectivity index (χ2n) is 5.62. The van der Waals surface area contributed by atoms with E-state index in [4.69, 9.17) is 5.11 Å². The minimum absolute atomic E-state index is 0.215. The van der Waals surface area contributed by atoms with Crippen LogP contribution < -0.4 is 0 Å². The van der Waals surface area contributed by atoms with Gasteiger partial charge in [-0.3, -0.25) is 9.69 Å². The lowest BCUT2D eigenvalue weighted by Crippen LogP contribution is -2.35. The molecule has 0 unspecified atom stereocenters. The smallest absolute Gasteiger partial charge is 0.306 e. The van der Waals surface area contributed by atoms with Gasteiger partial charge in [-0.2, -0.15) is 5.10 Å². The van der Waals surface area contributed by atoms with Crippen LogP contribution in [0, 0.1) is 11.7 Å². The van der Waals surface area contributed by atoms with Gasteiger partial charge in [-0.15, -0.1) is 0 Å². The Morgan fingerprint density at radius 1 is 1.23 bits per heavy atom. The molecule has 116 valence electrons. The van der Waals surface area contributed by atoms with Crippen molar-refractivity contribution in [3.63, 3.8) is 0 Å². The molecular weight excluding hydrogens is 285 g/mol. The molecule has 1 aliphatic heterocycles. The van der Waals surface area contributed by atoms with Gasteiger partial charge in [0.15, 0.2) is 0 Å². The van der Waals surface area contributed by atoms with Crippen molar-refractivity contribution >= 4 is 5.97 Å². The number of halogens is 1. The van der Waals surface area contributed by atoms with Crippen LogP contribution in [0.1, 0.15) is 18.5 Å². The van der Waals surface area contributed by atoms with E-state index in [0.717, 1.165) is 24.5 Å². The van der Waals surface area contributed by atoms with Crippen molar-refractivity contribution in [1.82, 2.24) is 14.7 Å². The molecule has 5 nitrogen and oxygen atoms in total. The van der Waals surface area contributed by atoms with Crippen LogP contribution in [0.25, 0.3) is 5.69 Å². The Morgan fingerprint density at radius 2 is 1.91 bits per heavy atom. The summed E-state index contributed by atoms with van der Waals surface area (Å²) in [6.07, 6.45) is 3.23. The second kappa shape index (κ2) is 6.27. The van der Waals surface area contributed by atoms with Gasteiger partial charge in [-0.05, 0) is 56.3 Å². The summed E-state index contributed by atoms with van der Waals surface area (Å²) in [5.41, 5.74) is 1.75. The molecule has 3 rings (SSSR count). The zero-order valence-corrected chi connectivity index (χ0v) is 12.2. The number of carbonyl (C=O) groups is 1. The zero-order chi connectivity index (χ0) is 15.5. The lowest BCUT2D eigenvalue weighted by molar-refractivity contribution is -0.143. The number of benzene rings is 1. The molecule has 2 aromatic rings. The summed E-state index contributed by atoms with van der Waals surface area (Å²) in [4.78, 5) is 13.2. The number of piperidine rings is 1. The van der Waals surface area contributed by atoms with E-state index in [-0.39, 0.29) is 11.7 Å². The van der Waals surface area contributed by atoms with E-state index in [2.05, 4.69) is 10.00 Å². The maximum Gasteiger partial charge on any atom is 0.306 e. The van der Waals surface area contributed by atoms with E-state index < -0.39 is 5.97 Å². The molecule has 1 N–H and O–H groups in total. The molecule has 0 saturated carbocycles. The molecule has 1 saturated heterocycles. The summed E-state index contributed by atoms with van der Waals surface area (Å²) in [5.74, 6) is -1.18. The minimum Gasteiger partial charge on any atom is -0.481 e. The first-order valence-corrected chi connectivity index (χ1v) is 7.37. The number of carboxylic acid groups (broad SMARTS) is 1. The molecule has 0 amide bonds. The molecule has 0 spiro atoms. The van der Waals surface area contributed by atoms with Crippen molar-refractivity contribution < 1.29 is 14.3 Å². The summed E-state index contributed by atoms with van der Waals surface area (Å²) in [5, 5.41) is 13.5. The Bertz CT molecular complexity index is 646. The fourth-order valence-corrected chi connectivity index (χ4v) is 2.75. The van der Waals surface area contributed by atoms with Gasteiger partial charge in [0.2, 0.25) is 0 Å². The predicted octanol–water partition coefficient (Wildman–Crippen LogP) is 2.31. The van der Waals surface area contributed by atoms with Crippen molar-refractivity contribution in [3.05, 3.63) is 48.0 Å². The Kier molecular flexibility index (Phi) is 4.20. The van der Waals surface area contributed by atoms with Crippen LogP contribution in [-0.2, 0) is 11.3 Å². The Morgan fingerprint density at radius 3 is 2.55 bits per heavy atom. The largest absolute Gasteiger partial charge is 0.481 e. The highest BCUT2D eigenvalue weighted by Gasteiger charge is 2.24. The number of hydrogen-bond acceptors (Lipinski definition) is 3. The maximum atomic E-state index is 12.9. The summed E-state index contributed by atoms with van der Waals surface area (Å²) < 4.78 is 14.6. The average molecular weight is 303 g/mol. The predicted molar refractivity (Wildman–Crippen MR) is 79.2 cm³/mol. The monoisotopic (exact) mass is 303 g/mol. The fraction of sp³-hybridized carbons (Fsp3) is 0.375. The van der Waals surface area contributed by atoms with Crippen LogP contribution in [0.2, 0.25) is 0 Å². The molecule has 0 aliphatic carbocycles. The van der Waals surface area contributed by atoms with Crippen LogP contribution in [0.5, 0.6) is 0 Å². The molecule has 1 aliphatic rings. The van der Waals surface area contributed by atoms with Gasteiger partial charge in [0.05, 0.1) is 17.3 Å². The van der Waals surface area contributed by atoms with Crippen LogP contribution >= 0.6 is 0 Å². The third kappa shape index (κ3) is 3.33. The number of aromatic nitrogens is 2. The van der Waals surface area contributed by atoms with Crippen molar-refractivity contribution in [2.24, 2.45) is 5.92 Å². The fourth-order valence-electron chi connectivity index (χ4n) is 2.75. The molecule has 0 radical (unpaired) electrons. The summed E-state index contributed by atoms with van der Waals surface area (Å²) in [6, 6.07) is 8.13. The van der Waals surface area contributed by atoms with Crippen LogP contribution in [0.3, 0.4) is 0 Å². The van der Waals surface area contributed by atoms with E-state index in [1.54, 1.807) is 16.8 Å². The first-order chi connectivity index (χ1) is 10.6. The van der Waals surface area contributed by atoms with Crippen molar-refractivity contribution in [2.75, 3.05) is 13.1 Å². The van der Waals surface area contributed by atoms with Gasteiger partial charge in [0.25, 0.3) is 0 Å². The normalized spacial score (nSPS) is 16.8. The molecule has 22 heavy (non-hydrogen) atoms. The van der Waals surface area contributed by atoms with Crippen LogP contribution in [0.4, 0.5) is 4.39 Å². The van der Waals surface area contributed by atoms with Gasteiger partial charge >= 0.3 is 5.97 Å². The van der Waals surface area contributed by atoms with Gasteiger partial charge < -0.3 is 5.11 Å².